The predicted octanol–water partition coefficient (Wildman–Crippen LogP) is 1.83. The van der Waals surface area contributed by atoms with E-state index in [4.69, 9.17) is 5.73 Å². The third-order valence-electron chi connectivity index (χ3n) is 3.39. The Morgan fingerprint density at radius 3 is 2.90 bits per heavy atom. The fourth-order valence-corrected chi connectivity index (χ4v) is 2.42. The highest BCUT2D eigenvalue weighted by molar-refractivity contribution is 5.47. The van der Waals surface area contributed by atoms with E-state index in [9.17, 15) is 13.2 Å². The molecule has 0 radical (unpaired) electrons. The summed E-state index contributed by atoms with van der Waals surface area (Å²) in [4.78, 5) is 9.25. The maximum absolute atomic E-state index is 12.8. The van der Waals surface area contributed by atoms with Gasteiger partial charge in [0.1, 0.15) is 11.4 Å². The average Bonchev–Trinajstić information content (AvgIpc) is 2.35. The second-order valence-electron chi connectivity index (χ2n) is 5.14. The number of halogens is 3. The number of hydrogen-bond donors (Lipinski definition) is 2. The molecule has 0 aliphatic carbocycles. The van der Waals surface area contributed by atoms with Crippen LogP contribution in [0.1, 0.15) is 18.4 Å². The largest absolute Gasteiger partial charge is 0.421 e. The SMILES string of the molecule is CN1CCCC(CNc2nc(N)ncc2C(F)(F)F)C1. The van der Waals surface area contributed by atoms with Gasteiger partial charge in [0, 0.05) is 19.3 Å². The van der Waals surface area contributed by atoms with E-state index >= 15 is 0 Å². The van der Waals surface area contributed by atoms with Crippen molar-refractivity contribution in [1.29, 1.82) is 0 Å². The van der Waals surface area contributed by atoms with Crippen molar-refractivity contribution in [3.63, 3.8) is 0 Å². The zero-order chi connectivity index (χ0) is 14.8. The highest BCUT2D eigenvalue weighted by atomic mass is 19.4. The number of nitrogens with zero attached hydrogens (tertiary/aromatic N) is 3. The summed E-state index contributed by atoms with van der Waals surface area (Å²) in [6, 6.07) is 0. The van der Waals surface area contributed by atoms with Crippen LogP contribution < -0.4 is 11.1 Å². The lowest BCUT2D eigenvalue weighted by molar-refractivity contribution is -0.137. The molecule has 1 fully saturated rings. The van der Waals surface area contributed by atoms with Gasteiger partial charge in [-0.05, 0) is 32.4 Å². The highest BCUT2D eigenvalue weighted by Crippen LogP contribution is 2.33. The molecular weight excluding hydrogens is 271 g/mol. The van der Waals surface area contributed by atoms with Gasteiger partial charge in [-0.3, -0.25) is 0 Å². The number of anilines is 2. The summed E-state index contributed by atoms with van der Waals surface area (Å²) in [5.74, 6) is -0.0921. The molecule has 1 aromatic heterocycles. The number of likely N-dealkylation sites (tertiary alicyclic amines) is 1. The van der Waals surface area contributed by atoms with Crippen molar-refractivity contribution in [3.05, 3.63) is 11.8 Å². The zero-order valence-corrected chi connectivity index (χ0v) is 11.2. The molecule has 0 amide bonds. The van der Waals surface area contributed by atoms with Gasteiger partial charge in [-0.2, -0.15) is 18.2 Å². The quantitative estimate of drug-likeness (QED) is 0.888. The van der Waals surface area contributed by atoms with Crippen LogP contribution in [0, 0.1) is 5.92 Å². The molecule has 0 bridgehead atoms. The van der Waals surface area contributed by atoms with E-state index in [0.29, 0.717) is 12.5 Å². The van der Waals surface area contributed by atoms with Gasteiger partial charge in [0.05, 0.1) is 0 Å². The molecule has 1 saturated heterocycles. The van der Waals surface area contributed by atoms with E-state index < -0.39 is 11.7 Å². The Balaban J connectivity index is 2.06. The maximum Gasteiger partial charge on any atom is 0.421 e. The number of nitrogens with one attached hydrogen (secondary N) is 1. The van der Waals surface area contributed by atoms with Crippen molar-refractivity contribution in [1.82, 2.24) is 14.9 Å². The Morgan fingerprint density at radius 1 is 1.50 bits per heavy atom. The minimum Gasteiger partial charge on any atom is -0.369 e. The molecule has 2 rings (SSSR count). The van der Waals surface area contributed by atoms with Crippen LogP contribution in [-0.4, -0.2) is 41.5 Å². The van der Waals surface area contributed by atoms with Crippen molar-refractivity contribution in [2.24, 2.45) is 5.92 Å². The van der Waals surface area contributed by atoms with E-state index in [2.05, 4.69) is 20.2 Å². The average molecular weight is 289 g/mol. The third kappa shape index (κ3) is 3.72. The van der Waals surface area contributed by atoms with E-state index in [1.54, 1.807) is 0 Å². The molecule has 0 spiro atoms. The summed E-state index contributed by atoms with van der Waals surface area (Å²) in [7, 11) is 2.01. The fraction of sp³-hybridized carbons (Fsp3) is 0.667. The number of nitrogens with two attached hydrogens (primary N) is 1. The molecule has 5 nitrogen and oxygen atoms in total. The summed E-state index contributed by atoms with van der Waals surface area (Å²) in [5, 5.41) is 2.77. The summed E-state index contributed by atoms with van der Waals surface area (Å²) in [6.45, 7) is 2.35. The fourth-order valence-electron chi connectivity index (χ4n) is 2.42. The van der Waals surface area contributed by atoms with Crippen molar-refractivity contribution in [3.8, 4) is 0 Å². The van der Waals surface area contributed by atoms with Crippen molar-refractivity contribution < 1.29 is 13.2 Å². The molecule has 1 atom stereocenters. The summed E-state index contributed by atoms with van der Waals surface area (Å²) in [5.41, 5.74) is 4.48. The first kappa shape index (κ1) is 14.8. The standard InChI is InChI=1S/C12H18F3N5/c1-20-4-2-3-8(7-20)5-17-10-9(12(13,14)15)6-18-11(16)19-10/h6,8H,2-5,7H2,1H3,(H3,16,17,18,19). The minimum atomic E-state index is -4.49. The number of alkyl halides is 3. The predicted molar refractivity (Wildman–Crippen MR) is 70.2 cm³/mol. The summed E-state index contributed by atoms with van der Waals surface area (Å²) in [6.07, 6.45) is -1.71. The molecule has 1 aliphatic rings. The molecule has 0 saturated carbocycles. The van der Waals surface area contributed by atoms with Gasteiger partial charge in [0.25, 0.3) is 0 Å². The number of aromatic nitrogens is 2. The number of hydrogen-bond acceptors (Lipinski definition) is 5. The molecule has 0 aromatic carbocycles. The van der Waals surface area contributed by atoms with Crippen molar-refractivity contribution >= 4 is 11.8 Å². The van der Waals surface area contributed by atoms with E-state index in [0.717, 1.165) is 32.1 Å². The zero-order valence-electron chi connectivity index (χ0n) is 11.2. The monoisotopic (exact) mass is 289 g/mol. The van der Waals surface area contributed by atoms with Crippen LogP contribution in [0.3, 0.4) is 0 Å². The smallest absolute Gasteiger partial charge is 0.369 e. The Hall–Kier alpha value is -1.57. The molecule has 112 valence electrons. The van der Waals surface area contributed by atoms with Gasteiger partial charge >= 0.3 is 6.18 Å². The Bertz CT molecular complexity index is 463. The highest BCUT2D eigenvalue weighted by Gasteiger charge is 2.35. The first-order valence-corrected chi connectivity index (χ1v) is 6.48. The molecular formula is C12H18F3N5. The minimum absolute atomic E-state index is 0.165. The van der Waals surface area contributed by atoms with Crippen molar-refractivity contribution in [2.45, 2.75) is 19.0 Å². The lowest BCUT2D eigenvalue weighted by Gasteiger charge is -2.30. The van der Waals surface area contributed by atoms with Crippen LogP contribution in [0.5, 0.6) is 0 Å². The number of rotatable bonds is 3. The Morgan fingerprint density at radius 2 is 2.25 bits per heavy atom. The lowest BCUT2D eigenvalue weighted by Crippen LogP contribution is -2.35. The second-order valence-corrected chi connectivity index (χ2v) is 5.14. The molecule has 3 N–H and O–H groups in total. The van der Waals surface area contributed by atoms with E-state index in [1.165, 1.54) is 0 Å². The van der Waals surface area contributed by atoms with E-state index in [-0.39, 0.29) is 11.8 Å². The van der Waals surface area contributed by atoms with Gasteiger partial charge in [-0.15, -0.1) is 0 Å². The van der Waals surface area contributed by atoms with Gasteiger partial charge in [-0.25, -0.2) is 4.98 Å². The van der Waals surface area contributed by atoms with Crippen LogP contribution in [0.25, 0.3) is 0 Å². The van der Waals surface area contributed by atoms with Crippen LogP contribution in [0.2, 0.25) is 0 Å². The van der Waals surface area contributed by atoms with E-state index in [1.807, 2.05) is 7.05 Å². The van der Waals surface area contributed by atoms with Gasteiger partial charge in [-0.1, -0.05) is 0 Å². The topological polar surface area (TPSA) is 67.1 Å². The molecule has 2 heterocycles. The first-order chi connectivity index (χ1) is 9.36. The van der Waals surface area contributed by atoms with Gasteiger partial charge in [0.15, 0.2) is 0 Å². The molecule has 1 unspecified atom stereocenters. The van der Waals surface area contributed by atoms with Gasteiger partial charge in [0.2, 0.25) is 5.95 Å². The Labute approximate surface area is 115 Å². The van der Waals surface area contributed by atoms with Crippen LogP contribution in [0.15, 0.2) is 6.20 Å². The lowest BCUT2D eigenvalue weighted by atomic mass is 9.98. The summed E-state index contributed by atoms with van der Waals surface area (Å²) >= 11 is 0. The van der Waals surface area contributed by atoms with Crippen LogP contribution >= 0.6 is 0 Å². The first-order valence-electron chi connectivity index (χ1n) is 6.48. The normalized spacial score (nSPS) is 20.9. The Kier molecular flexibility index (Phi) is 4.32. The molecule has 20 heavy (non-hydrogen) atoms. The van der Waals surface area contributed by atoms with Gasteiger partial charge < -0.3 is 16.0 Å². The number of nitrogen functional groups attached to an aromatic ring is 1. The summed E-state index contributed by atoms with van der Waals surface area (Å²) < 4.78 is 38.5. The van der Waals surface area contributed by atoms with Crippen molar-refractivity contribution in [2.75, 3.05) is 37.7 Å². The maximum atomic E-state index is 12.8. The van der Waals surface area contributed by atoms with Crippen LogP contribution in [0.4, 0.5) is 24.9 Å². The molecule has 1 aliphatic heterocycles. The number of piperidine rings is 1. The third-order valence-corrected chi connectivity index (χ3v) is 3.39. The second kappa shape index (κ2) is 5.82. The van der Waals surface area contributed by atoms with Crippen LogP contribution in [-0.2, 0) is 6.18 Å². The molecule has 8 heteroatoms. The molecule has 1 aromatic rings.